The molecule has 0 unspecified atom stereocenters. The van der Waals surface area contributed by atoms with Gasteiger partial charge in [0.05, 0.1) is 11.1 Å². The number of alkyl halides is 3. The normalized spacial score (nSPS) is 10.8. The molecule has 24 heavy (non-hydrogen) atoms. The van der Waals surface area contributed by atoms with Crippen LogP contribution in [0, 0.1) is 0 Å². The van der Waals surface area contributed by atoms with E-state index < -0.39 is 23.6 Å². The summed E-state index contributed by atoms with van der Waals surface area (Å²) in [5.74, 6) is -1.91. The van der Waals surface area contributed by atoms with Gasteiger partial charge in [0.1, 0.15) is 0 Å². The summed E-state index contributed by atoms with van der Waals surface area (Å²) in [4.78, 5) is 27.5. The molecule has 0 fully saturated rings. The van der Waals surface area contributed by atoms with E-state index in [-0.39, 0.29) is 16.7 Å². The van der Waals surface area contributed by atoms with Crippen LogP contribution in [0.5, 0.6) is 0 Å². The van der Waals surface area contributed by atoms with E-state index in [1.165, 1.54) is 18.2 Å². The molecule has 0 heterocycles. The van der Waals surface area contributed by atoms with Gasteiger partial charge in [-0.25, -0.2) is 4.79 Å². The molecule has 0 atom stereocenters. The molecule has 1 N–H and O–H groups in total. The van der Waals surface area contributed by atoms with Crippen LogP contribution < -0.4 is 5.48 Å². The van der Waals surface area contributed by atoms with Crippen LogP contribution in [0.25, 0.3) is 11.1 Å². The highest BCUT2D eigenvalue weighted by molar-refractivity contribution is 6.02. The lowest BCUT2D eigenvalue weighted by Gasteiger charge is -2.16. The molecular formula is C17H12F3NO3. The predicted molar refractivity (Wildman–Crippen MR) is 80.6 cm³/mol. The van der Waals surface area contributed by atoms with Crippen LogP contribution in [0.3, 0.4) is 0 Å². The largest absolute Gasteiger partial charge is 0.417 e. The van der Waals surface area contributed by atoms with Gasteiger partial charge in [-0.2, -0.15) is 18.7 Å². The number of hydroxylamine groups is 1. The average Bonchev–Trinajstić information content (AvgIpc) is 2.58. The van der Waals surface area contributed by atoms with Crippen LogP contribution in [-0.4, -0.2) is 11.9 Å². The van der Waals surface area contributed by atoms with Crippen LogP contribution in [0.1, 0.15) is 15.9 Å². The Morgan fingerprint density at radius 3 is 2.29 bits per heavy atom. The fourth-order valence-corrected chi connectivity index (χ4v) is 2.09. The Labute approximate surface area is 135 Å². The summed E-state index contributed by atoms with van der Waals surface area (Å²) in [5, 5.41) is 0. The van der Waals surface area contributed by atoms with Gasteiger partial charge in [0, 0.05) is 11.6 Å². The Bertz CT molecular complexity index is 770. The molecule has 2 aromatic rings. The van der Waals surface area contributed by atoms with E-state index in [2.05, 4.69) is 11.4 Å². The second kappa shape index (κ2) is 6.99. The summed E-state index contributed by atoms with van der Waals surface area (Å²) >= 11 is 0. The summed E-state index contributed by atoms with van der Waals surface area (Å²) in [6.45, 7) is 3.15. The molecule has 0 bridgehead atoms. The van der Waals surface area contributed by atoms with Crippen LogP contribution >= 0.6 is 0 Å². The van der Waals surface area contributed by atoms with Crippen molar-refractivity contribution in [2.24, 2.45) is 0 Å². The van der Waals surface area contributed by atoms with Gasteiger partial charge in [-0.05, 0) is 17.7 Å². The third-order valence-electron chi connectivity index (χ3n) is 3.09. The van der Waals surface area contributed by atoms with E-state index in [9.17, 15) is 22.8 Å². The highest BCUT2D eigenvalue weighted by Crippen LogP contribution is 2.38. The van der Waals surface area contributed by atoms with E-state index in [4.69, 9.17) is 0 Å². The summed E-state index contributed by atoms with van der Waals surface area (Å²) in [5.41, 5.74) is 0.499. The van der Waals surface area contributed by atoms with Crippen molar-refractivity contribution < 1.29 is 27.6 Å². The number of hydrogen-bond acceptors (Lipinski definition) is 3. The Kier molecular flexibility index (Phi) is 5.03. The molecule has 7 heteroatoms. The van der Waals surface area contributed by atoms with Crippen LogP contribution in [-0.2, 0) is 15.8 Å². The zero-order valence-electron chi connectivity index (χ0n) is 12.3. The second-order valence-corrected chi connectivity index (χ2v) is 4.65. The van der Waals surface area contributed by atoms with Gasteiger partial charge >= 0.3 is 12.1 Å². The van der Waals surface area contributed by atoms with Crippen molar-refractivity contribution in [1.82, 2.24) is 5.48 Å². The van der Waals surface area contributed by atoms with Gasteiger partial charge in [-0.1, -0.05) is 43.0 Å². The maximum Gasteiger partial charge on any atom is 0.417 e. The van der Waals surface area contributed by atoms with E-state index in [0.717, 1.165) is 18.2 Å². The molecule has 0 aliphatic rings. The van der Waals surface area contributed by atoms with Crippen molar-refractivity contribution in [3.63, 3.8) is 0 Å². The van der Waals surface area contributed by atoms with Crippen molar-refractivity contribution >= 4 is 11.9 Å². The first kappa shape index (κ1) is 17.3. The molecule has 0 saturated heterocycles. The van der Waals surface area contributed by atoms with Gasteiger partial charge in [0.2, 0.25) is 0 Å². The van der Waals surface area contributed by atoms with Crippen molar-refractivity contribution in [1.29, 1.82) is 0 Å². The molecule has 0 saturated carbocycles. The number of carbonyl (C=O) groups is 2. The molecule has 2 aromatic carbocycles. The van der Waals surface area contributed by atoms with E-state index in [0.29, 0.717) is 0 Å². The van der Waals surface area contributed by atoms with Gasteiger partial charge in [-0.3, -0.25) is 4.79 Å². The minimum Gasteiger partial charge on any atom is -0.336 e. The number of carbonyl (C=O) groups excluding carboxylic acids is 2. The standard InChI is InChI=1S/C17H12F3NO3/c1-2-14(22)24-21-16(23)12-9-6-10-13(17(18,19)20)15(12)11-7-4-3-5-8-11/h2-10H,1H2,(H,21,23). The molecule has 0 aliphatic carbocycles. The summed E-state index contributed by atoms with van der Waals surface area (Å²) in [6.07, 6.45) is -3.84. The van der Waals surface area contributed by atoms with Gasteiger partial charge in [0.25, 0.3) is 5.91 Å². The third kappa shape index (κ3) is 3.81. The van der Waals surface area contributed by atoms with Crippen molar-refractivity contribution in [3.8, 4) is 11.1 Å². The van der Waals surface area contributed by atoms with Gasteiger partial charge < -0.3 is 4.84 Å². The lowest BCUT2D eigenvalue weighted by molar-refractivity contribution is -0.143. The number of hydrogen-bond donors (Lipinski definition) is 1. The predicted octanol–water partition coefficient (Wildman–Crippen LogP) is 3.75. The van der Waals surface area contributed by atoms with E-state index in [1.807, 2.05) is 5.48 Å². The zero-order chi connectivity index (χ0) is 17.7. The number of amides is 1. The Hall–Kier alpha value is -3.09. The van der Waals surface area contributed by atoms with Crippen LogP contribution in [0.4, 0.5) is 13.2 Å². The Balaban J connectivity index is 2.54. The van der Waals surface area contributed by atoms with E-state index >= 15 is 0 Å². The molecule has 4 nitrogen and oxygen atoms in total. The fraction of sp³-hybridized carbons (Fsp3) is 0.0588. The van der Waals surface area contributed by atoms with Crippen molar-refractivity contribution in [2.45, 2.75) is 6.18 Å². The number of halogens is 3. The SMILES string of the molecule is C=CC(=O)ONC(=O)c1cccc(C(F)(F)F)c1-c1ccccc1. The molecule has 0 spiro atoms. The molecule has 0 aromatic heterocycles. The first-order valence-electron chi connectivity index (χ1n) is 6.74. The topological polar surface area (TPSA) is 55.4 Å². The summed E-state index contributed by atoms with van der Waals surface area (Å²) < 4.78 is 39.9. The highest BCUT2D eigenvalue weighted by Gasteiger charge is 2.35. The fourth-order valence-electron chi connectivity index (χ4n) is 2.09. The molecule has 0 aliphatic heterocycles. The Morgan fingerprint density at radius 2 is 1.71 bits per heavy atom. The van der Waals surface area contributed by atoms with E-state index in [1.54, 1.807) is 18.2 Å². The molecule has 0 radical (unpaired) electrons. The molecule has 124 valence electrons. The average molecular weight is 335 g/mol. The first-order valence-corrected chi connectivity index (χ1v) is 6.74. The first-order chi connectivity index (χ1) is 11.3. The van der Waals surface area contributed by atoms with Crippen molar-refractivity contribution in [2.75, 3.05) is 0 Å². The van der Waals surface area contributed by atoms with Gasteiger partial charge in [0.15, 0.2) is 0 Å². The minimum absolute atomic E-state index is 0.214. The molecular weight excluding hydrogens is 323 g/mol. The lowest BCUT2D eigenvalue weighted by Crippen LogP contribution is -2.27. The summed E-state index contributed by atoms with van der Waals surface area (Å²) in [7, 11) is 0. The summed E-state index contributed by atoms with van der Waals surface area (Å²) in [6, 6.07) is 10.9. The second-order valence-electron chi connectivity index (χ2n) is 4.65. The maximum atomic E-state index is 13.3. The monoisotopic (exact) mass is 335 g/mol. The highest BCUT2D eigenvalue weighted by atomic mass is 19.4. The number of rotatable bonds is 3. The van der Waals surface area contributed by atoms with Crippen molar-refractivity contribution in [3.05, 3.63) is 72.3 Å². The number of nitrogens with one attached hydrogen (secondary N) is 1. The minimum atomic E-state index is -4.65. The van der Waals surface area contributed by atoms with Gasteiger partial charge in [-0.15, -0.1) is 0 Å². The van der Waals surface area contributed by atoms with Crippen LogP contribution in [0.15, 0.2) is 61.2 Å². The molecule has 1 amide bonds. The third-order valence-corrected chi connectivity index (χ3v) is 3.09. The quantitative estimate of drug-likeness (QED) is 0.687. The van der Waals surface area contributed by atoms with Crippen LogP contribution in [0.2, 0.25) is 0 Å². The maximum absolute atomic E-state index is 13.3. The zero-order valence-corrected chi connectivity index (χ0v) is 12.3. The molecule has 2 rings (SSSR count). The Morgan fingerprint density at radius 1 is 1.04 bits per heavy atom. The lowest BCUT2D eigenvalue weighted by atomic mass is 9.93. The smallest absolute Gasteiger partial charge is 0.336 e. The number of benzene rings is 2.